The molecule has 0 bridgehead atoms. The number of benzene rings is 4. The van der Waals surface area contributed by atoms with Crippen molar-refractivity contribution >= 4 is 16.2 Å². The lowest BCUT2D eigenvalue weighted by Crippen LogP contribution is -2.36. The van der Waals surface area contributed by atoms with E-state index in [1.54, 1.807) is 12.3 Å². The highest BCUT2D eigenvalue weighted by molar-refractivity contribution is 7.89. The van der Waals surface area contributed by atoms with Gasteiger partial charge in [-0.2, -0.15) is 0 Å². The third-order valence-corrected chi connectivity index (χ3v) is 7.66. The Morgan fingerprint density at radius 3 is 1.86 bits per heavy atom. The molecule has 37 heavy (non-hydrogen) atoms. The van der Waals surface area contributed by atoms with Crippen LogP contribution in [0.25, 0.3) is 11.1 Å². The molecular formula is C31H32N2O3S. The molecule has 0 fully saturated rings. The Labute approximate surface area is 219 Å². The Morgan fingerprint density at radius 2 is 1.32 bits per heavy atom. The number of nitrogens with zero attached hydrogens (tertiary/aromatic N) is 1. The summed E-state index contributed by atoms with van der Waals surface area (Å²) in [4.78, 5) is 4.62. The second-order valence-corrected chi connectivity index (χ2v) is 11.2. The maximum Gasteiger partial charge on any atom is 0.214 e. The van der Waals surface area contributed by atoms with Crippen molar-refractivity contribution in [1.82, 2.24) is 4.72 Å². The van der Waals surface area contributed by atoms with Crippen LogP contribution in [0.5, 0.6) is 5.75 Å². The quantitative estimate of drug-likeness (QED) is 0.248. The zero-order valence-electron chi connectivity index (χ0n) is 21.0. The third-order valence-electron chi connectivity index (χ3n) is 6.28. The van der Waals surface area contributed by atoms with Crippen LogP contribution in [0.15, 0.2) is 114 Å². The topological polar surface area (TPSA) is 78.8 Å². The van der Waals surface area contributed by atoms with Crippen LogP contribution in [0.2, 0.25) is 0 Å². The Morgan fingerprint density at radius 1 is 0.784 bits per heavy atom. The highest BCUT2D eigenvalue weighted by atomic mass is 32.2. The van der Waals surface area contributed by atoms with Gasteiger partial charge in [0, 0.05) is 17.3 Å². The molecule has 0 amide bonds. The van der Waals surface area contributed by atoms with Crippen molar-refractivity contribution in [2.45, 2.75) is 25.9 Å². The summed E-state index contributed by atoms with van der Waals surface area (Å²) in [5, 5.41) is 10.9. The molecule has 4 aromatic carbocycles. The monoisotopic (exact) mass is 512 g/mol. The number of nitrogens with one attached hydrogen (secondary N) is 1. The Bertz CT molecular complexity index is 1380. The van der Waals surface area contributed by atoms with E-state index in [4.69, 9.17) is 0 Å². The second-order valence-electron chi connectivity index (χ2n) is 9.35. The van der Waals surface area contributed by atoms with Crippen molar-refractivity contribution in [3.8, 4) is 16.9 Å². The van der Waals surface area contributed by atoms with Gasteiger partial charge in [0.1, 0.15) is 5.75 Å². The summed E-state index contributed by atoms with van der Waals surface area (Å²) in [5.41, 5.74) is 3.88. The lowest BCUT2D eigenvalue weighted by atomic mass is 10.00. The van der Waals surface area contributed by atoms with Gasteiger partial charge >= 0.3 is 0 Å². The fraction of sp³-hybridized carbons (Fsp3) is 0.194. The average molecular weight is 513 g/mol. The molecule has 0 aliphatic heterocycles. The van der Waals surface area contributed by atoms with Gasteiger partial charge in [-0.25, -0.2) is 13.1 Å². The van der Waals surface area contributed by atoms with Crippen LogP contribution in [0.4, 0.5) is 0 Å². The van der Waals surface area contributed by atoms with Crippen molar-refractivity contribution < 1.29 is 13.5 Å². The molecule has 4 aromatic rings. The molecule has 0 aliphatic rings. The summed E-state index contributed by atoms with van der Waals surface area (Å²) < 4.78 is 29.7. The summed E-state index contributed by atoms with van der Waals surface area (Å²) in [6, 6.07) is 33.2. The van der Waals surface area contributed by atoms with Gasteiger partial charge in [-0.1, -0.05) is 117 Å². The molecule has 1 atom stereocenters. The molecule has 0 radical (unpaired) electrons. The number of aromatic hydroxyl groups is 1. The first kappa shape index (κ1) is 26.3. The number of sulfonamides is 1. The molecule has 0 heterocycles. The summed E-state index contributed by atoms with van der Waals surface area (Å²) >= 11 is 0. The number of hydrogen-bond donors (Lipinski definition) is 2. The van der Waals surface area contributed by atoms with E-state index in [1.807, 2.05) is 117 Å². The number of aliphatic imine (C=N–C) groups is 1. The second kappa shape index (κ2) is 12.0. The number of rotatable bonds is 10. The van der Waals surface area contributed by atoms with Gasteiger partial charge in [-0.05, 0) is 28.7 Å². The van der Waals surface area contributed by atoms with Crippen LogP contribution in [0, 0.1) is 5.92 Å². The SMILES string of the molecule is CC(C)[C@@H](CS(=O)(=O)NC(c1ccccc1)c1ccccc1)N=Cc1cccc(-c2ccccc2)c1O. The molecule has 0 aliphatic carbocycles. The van der Waals surface area contributed by atoms with Crippen molar-refractivity contribution in [2.24, 2.45) is 10.9 Å². The van der Waals surface area contributed by atoms with E-state index >= 15 is 0 Å². The molecule has 6 heteroatoms. The smallest absolute Gasteiger partial charge is 0.214 e. The first-order valence-electron chi connectivity index (χ1n) is 12.3. The fourth-order valence-corrected chi connectivity index (χ4v) is 5.82. The van der Waals surface area contributed by atoms with Gasteiger partial charge in [-0.15, -0.1) is 0 Å². The molecule has 4 rings (SSSR count). The van der Waals surface area contributed by atoms with E-state index < -0.39 is 22.1 Å². The fourth-order valence-electron chi connectivity index (χ4n) is 4.17. The zero-order valence-corrected chi connectivity index (χ0v) is 21.8. The maximum atomic E-state index is 13.4. The molecule has 5 nitrogen and oxygen atoms in total. The van der Waals surface area contributed by atoms with E-state index in [2.05, 4.69) is 9.71 Å². The van der Waals surface area contributed by atoms with Crippen molar-refractivity contribution in [3.63, 3.8) is 0 Å². The van der Waals surface area contributed by atoms with Crippen LogP contribution < -0.4 is 4.72 Å². The number of phenolic OH excluding ortho intramolecular Hbond substituents is 1. The number of para-hydroxylation sites is 1. The van der Waals surface area contributed by atoms with E-state index in [0.717, 1.165) is 16.7 Å². The average Bonchev–Trinajstić information content (AvgIpc) is 2.92. The molecule has 0 aromatic heterocycles. The molecule has 0 spiro atoms. The summed E-state index contributed by atoms with van der Waals surface area (Å²) in [5.74, 6) is -0.0791. The number of hydrogen-bond acceptors (Lipinski definition) is 4. The zero-order chi connectivity index (χ0) is 26.3. The standard InChI is InChI=1S/C31H32N2O3S/c1-23(2)29(32-21-27-19-12-20-28(31(27)34)24-13-6-3-7-14-24)22-37(35,36)33-30(25-15-8-4-9-16-25)26-17-10-5-11-18-26/h3-21,23,29-30,33-34H,22H2,1-2H3/t29-/m1/s1. The lowest BCUT2D eigenvalue weighted by molar-refractivity contribution is 0.476. The lowest BCUT2D eigenvalue weighted by Gasteiger charge is -2.22. The van der Waals surface area contributed by atoms with Gasteiger partial charge in [-0.3, -0.25) is 4.99 Å². The molecule has 2 N–H and O–H groups in total. The molecule has 190 valence electrons. The third kappa shape index (κ3) is 6.94. The van der Waals surface area contributed by atoms with E-state index in [0.29, 0.717) is 11.1 Å². The first-order valence-corrected chi connectivity index (χ1v) is 14.0. The van der Waals surface area contributed by atoms with Gasteiger partial charge in [0.2, 0.25) is 10.0 Å². The van der Waals surface area contributed by atoms with Gasteiger partial charge in [0.25, 0.3) is 0 Å². The minimum atomic E-state index is -3.71. The Balaban J connectivity index is 1.57. The summed E-state index contributed by atoms with van der Waals surface area (Å²) in [7, 11) is -3.71. The Kier molecular flexibility index (Phi) is 8.54. The van der Waals surface area contributed by atoms with Crippen LogP contribution in [0.1, 0.15) is 36.6 Å². The number of phenols is 1. The van der Waals surface area contributed by atoms with Gasteiger partial charge < -0.3 is 5.11 Å². The van der Waals surface area contributed by atoms with E-state index in [1.165, 1.54) is 0 Å². The minimum Gasteiger partial charge on any atom is -0.507 e. The van der Waals surface area contributed by atoms with Crippen LogP contribution in [-0.4, -0.2) is 31.5 Å². The van der Waals surface area contributed by atoms with Crippen LogP contribution >= 0.6 is 0 Å². The van der Waals surface area contributed by atoms with Crippen molar-refractivity contribution in [1.29, 1.82) is 0 Å². The van der Waals surface area contributed by atoms with Crippen molar-refractivity contribution in [2.75, 3.05) is 5.75 Å². The largest absolute Gasteiger partial charge is 0.507 e. The highest BCUT2D eigenvalue weighted by Gasteiger charge is 2.26. The van der Waals surface area contributed by atoms with Gasteiger partial charge in [0.15, 0.2) is 0 Å². The summed E-state index contributed by atoms with van der Waals surface area (Å²) in [6.45, 7) is 3.90. The minimum absolute atomic E-state index is 0.0285. The molecule has 0 unspecified atom stereocenters. The van der Waals surface area contributed by atoms with Crippen molar-refractivity contribution in [3.05, 3.63) is 126 Å². The predicted molar refractivity (Wildman–Crippen MR) is 151 cm³/mol. The Hall–Kier alpha value is -3.74. The van der Waals surface area contributed by atoms with Gasteiger partial charge in [0.05, 0.1) is 17.8 Å². The first-order chi connectivity index (χ1) is 17.8. The maximum absolute atomic E-state index is 13.4. The van der Waals surface area contributed by atoms with E-state index in [9.17, 15) is 13.5 Å². The van der Waals surface area contributed by atoms with Crippen LogP contribution in [-0.2, 0) is 10.0 Å². The highest BCUT2D eigenvalue weighted by Crippen LogP contribution is 2.31. The van der Waals surface area contributed by atoms with Crippen LogP contribution in [0.3, 0.4) is 0 Å². The molecule has 0 saturated heterocycles. The predicted octanol–water partition coefficient (Wildman–Crippen LogP) is 6.21. The molecule has 0 saturated carbocycles. The van der Waals surface area contributed by atoms with E-state index in [-0.39, 0.29) is 17.4 Å². The molecular weight excluding hydrogens is 480 g/mol. The normalized spacial score (nSPS) is 12.9. The summed E-state index contributed by atoms with van der Waals surface area (Å²) in [6.07, 6.45) is 1.58.